The van der Waals surface area contributed by atoms with E-state index in [0.717, 1.165) is 32.2 Å². The molecule has 5 nitrogen and oxygen atoms in total. The molecule has 1 aromatic carbocycles. The van der Waals surface area contributed by atoms with E-state index in [9.17, 15) is 10.1 Å². The highest BCUT2D eigenvalue weighted by molar-refractivity contribution is 5.76. The predicted octanol–water partition coefficient (Wildman–Crippen LogP) is 4.16. The van der Waals surface area contributed by atoms with E-state index in [1.807, 2.05) is 19.1 Å². The van der Waals surface area contributed by atoms with Crippen LogP contribution >= 0.6 is 0 Å². The number of benzene rings is 1. The lowest BCUT2D eigenvalue weighted by atomic mass is 9.74. The van der Waals surface area contributed by atoms with Gasteiger partial charge < -0.3 is 10.6 Å². The van der Waals surface area contributed by atoms with Gasteiger partial charge in [0.05, 0.1) is 4.92 Å². The average molecular weight is 277 g/mol. The smallest absolute Gasteiger partial charge is 0.315 e. The minimum Gasteiger partial charge on any atom is -0.379 e. The molecule has 0 aromatic heterocycles. The van der Waals surface area contributed by atoms with Crippen LogP contribution < -0.4 is 10.6 Å². The van der Waals surface area contributed by atoms with E-state index in [2.05, 4.69) is 17.6 Å². The second kappa shape index (κ2) is 6.11. The number of rotatable bonds is 7. The molecule has 1 aromatic rings. The molecule has 1 aliphatic carbocycles. The van der Waals surface area contributed by atoms with Crippen LogP contribution in [0.25, 0.3) is 0 Å². The molecule has 1 aliphatic rings. The first kappa shape index (κ1) is 14.6. The molecule has 0 spiro atoms. The predicted molar refractivity (Wildman–Crippen MR) is 82.4 cm³/mol. The Balaban J connectivity index is 2.29. The number of hydrogen-bond acceptors (Lipinski definition) is 4. The summed E-state index contributed by atoms with van der Waals surface area (Å²) < 4.78 is 0. The van der Waals surface area contributed by atoms with Crippen molar-refractivity contribution >= 4 is 17.1 Å². The van der Waals surface area contributed by atoms with Gasteiger partial charge in [-0.1, -0.05) is 19.9 Å². The molecule has 1 saturated carbocycles. The van der Waals surface area contributed by atoms with Gasteiger partial charge in [0.25, 0.3) is 0 Å². The SMILES string of the molecule is CCCNc1cccc(NC2(CC)CCC2)c1[N+](=O)[O-]. The fourth-order valence-electron chi connectivity index (χ4n) is 2.70. The molecule has 5 heteroatoms. The lowest BCUT2D eigenvalue weighted by molar-refractivity contribution is -0.383. The molecule has 0 radical (unpaired) electrons. The molecule has 0 heterocycles. The Morgan fingerprint density at radius 2 is 2.00 bits per heavy atom. The molecule has 110 valence electrons. The summed E-state index contributed by atoms with van der Waals surface area (Å²) in [5, 5.41) is 18.0. The van der Waals surface area contributed by atoms with Crippen LogP contribution in [0.1, 0.15) is 46.0 Å². The largest absolute Gasteiger partial charge is 0.379 e. The number of nitrogens with one attached hydrogen (secondary N) is 2. The molecular formula is C15H23N3O2. The summed E-state index contributed by atoms with van der Waals surface area (Å²) in [6.07, 6.45) is 5.31. The first-order valence-electron chi connectivity index (χ1n) is 7.41. The Hall–Kier alpha value is -1.78. The Morgan fingerprint density at radius 1 is 1.30 bits per heavy atom. The zero-order chi connectivity index (χ0) is 14.6. The molecule has 0 aliphatic heterocycles. The van der Waals surface area contributed by atoms with Crippen molar-refractivity contribution < 1.29 is 4.92 Å². The summed E-state index contributed by atoms with van der Waals surface area (Å²) in [5.74, 6) is 0. The van der Waals surface area contributed by atoms with Gasteiger partial charge in [-0.25, -0.2) is 0 Å². The quantitative estimate of drug-likeness (QED) is 0.580. The van der Waals surface area contributed by atoms with Crippen molar-refractivity contribution in [2.45, 2.75) is 51.5 Å². The minimum atomic E-state index is -0.289. The summed E-state index contributed by atoms with van der Waals surface area (Å²) in [6.45, 7) is 4.92. The monoisotopic (exact) mass is 277 g/mol. The van der Waals surface area contributed by atoms with Crippen molar-refractivity contribution in [3.63, 3.8) is 0 Å². The van der Waals surface area contributed by atoms with Crippen molar-refractivity contribution in [1.82, 2.24) is 0 Å². The van der Waals surface area contributed by atoms with Gasteiger partial charge in [-0.3, -0.25) is 10.1 Å². The standard InChI is InChI=1S/C15H23N3O2/c1-3-11-16-12-7-5-8-13(14(12)18(19)20)17-15(4-2)9-6-10-15/h5,7-8,16-17H,3-4,6,9-11H2,1-2H3. The summed E-state index contributed by atoms with van der Waals surface area (Å²) in [4.78, 5) is 11.1. The molecule has 2 N–H and O–H groups in total. The average Bonchev–Trinajstić information content (AvgIpc) is 2.40. The number of hydrogen-bond donors (Lipinski definition) is 2. The van der Waals surface area contributed by atoms with E-state index < -0.39 is 0 Å². The van der Waals surface area contributed by atoms with Crippen LogP contribution in [0, 0.1) is 10.1 Å². The highest BCUT2D eigenvalue weighted by Gasteiger charge is 2.36. The lowest BCUT2D eigenvalue weighted by Gasteiger charge is -2.42. The molecule has 0 saturated heterocycles. The number of nitrogens with zero attached hydrogens (tertiary/aromatic N) is 1. The first-order valence-corrected chi connectivity index (χ1v) is 7.41. The third kappa shape index (κ3) is 2.86. The van der Waals surface area contributed by atoms with Gasteiger partial charge in [0.1, 0.15) is 11.4 Å². The van der Waals surface area contributed by atoms with Crippen LogP contribution in [0.4, 0.5) is 17.1 Å². The normalized spacial score (nSPS) is 16.3. The van der Waals surface area contributed by atoms with Crippen LogP contribution in [0.3, 0.4) is 0 Å². The number of nitro benzene ring substituents is 1. The minimum absolute atomic E-state index is 0.0497. The molecule has 2 rings (SSSR count). The molecule has 0 bridgehead atoms. The fourth-order valence-corrected chi connectivity index (χ4v) is 2.70. The maximum atomic E-state index is 11.4. The van der Waals surface area contributed by atoms with Gasteiger partial charge in [0.2, 0.25) is 0 Å². The van der Waals surface area contributed by atoms with E-state index in [1.165, 1.54) is 6.42 Å². The van der Waals surface area contributed by atoms with Crippen LogP contribution in [-0.2, 0) is 0 Å². The highest BCUT2D eigenvalue weighted by atomic mass is 16.6. The van der Waals surface area contributed by atoms with E-state index in [4.69, 9.17) is 0 Å². The van der Waals surface area contributed by atoms with E-state index in [1.54, 1.807) is 6.07 Å². The Bertz CT molecular complexity index is 478. The Labute approximate surface area is 119 Å². The molecule has 20 heavy (non-hydrogen) atoms. The van der Waals surface area contributed by atoms with E-state index in [-0.39, 0.29) is 16.1 Å². The van der Waals surface area contributed by atoms with Gasteiger partial charge in [-0.2, -0.15) is 0 Å². The summed E-state index contributed by atoms with van der Waals surface area (Å²) in [5.41, 5.74) is 1.46. The molecular weight excluding hydrogens is 254 g/mol. The summed E-state index contributed by atoms with van der Waals surface area (Å²) in [6, 6.07) is 5.46. The van der Waals surface area contributed by atoms with Crippen molar-refractivity contribution in [3.05, 3.63) is 28.3 Å². The Kier molecular flexibility index (Phi) is 4.47. The molecule has 0 atom stereocenters. The second-order valence-electron chi connectivity index (χ2n) is 5.50. The molecule has 0 unspecified atom stereocenters. The van der Waals surface area contributed by atoms with Gasteiger partial charge in [-0.15, -0.1) is 0 Å². The van der Waals surface area contributed by atoms with Crippen LogP contribution in [0.15, 0.2) is 18.2 Å². The van der Waals surface area contributed by atoms with Gasteiger partial charge in [0.15, 0.2) is 0 Å². The van der Waals surface area contributed by atoms with Gasteiger partial charge >= 0.3 is 5.69 Å². The van der Waals surface area contributed by atoms with Crippen LogP contribution in [0.2, 0.25) is 0 Å². The zero-order valence-electron chi connectivity index (χ0n) is 12.2. The van der Waals surface area contributed by atoms with Gasteiger partial charge in [-0.05, 0) is 44.2 Å². The van der Waals surface area contributed by atoms with Crippen LogP contribution in [0.5, 0.6) is 0 Å². The Morgan fingerprint density at radius 3 is 2.50 bits per heavy atom. The zero-order valence-corrected chi connectivity index (χ0v) is 12.2. The summed E-state index contributed by atoms with van der Waals surface area (Å²) >= 11 is 0. The lowest BCUT2D eigenvalue weighted by Crippen LogP contribution is -2.44. The van der Waals surface area contributed by atoms with Crippen molar-refractivity contribution in [2.24, 2.45) is 0 Å². The van der Waals surface area contributed by atoms with Crippen molar-refractivity contribution in [2.75, 3.05) is 17.2 Å². The second-order valence-corrected chi connectivity index (χ2v) is 5.50. The number of nitro groups is 1. The number of para-hydroxylation sites is 1. The highest BCUT2D eigenvalue weighted by Crippen LogP contribution is 2.42. The maximum absolute atomic E-state index is 11.4. The van der Waals surface area contributed by atoms with E-state index in [0.29, 0.717) is 11.4 Å². The third-order valence-electron chi connectivity index (χ3n) is 4.17. The fraction of sp³-hybridized carbons (Fsp3) is 0.600. The number of anilines is 2. The van der Waals surface area contributed by atoms with Gasteiger partial charge in [0, 0.05) is 12.1 Å². The molecule has 1 fully saturated rings. The first-order chi connectivity index (χ1) is 9.62. The summed E-state index contributed by atoms with van der Waals surface area (Å²) in [7, 11) is 0. The third-order valence-corrected chi connectivity index (χ3v) is 4.17. The van der Waals surface area contributed by atoms with Crippen molar-refractivity contribution in [3.8, 4) is 0 Å². The van der Waals surface area contributed by atoms with E-state index >= 15 is 0 Å². The topological polar surface area (TPSA) is 67.2 Å². The maximum Gasteiger partial charge on any atom is 0.315 e. The van der Waals surface area contributed by atoms with Crippen LogP contribution in [-0.4, -0.2) is 17.0 Å². The molecule has 0 amide bonds. The van der Waals surface area contributed by atoms with Crippen molar-refractivity contribution in [1.29, 1.82) is 0 Å².